The second-order valence-electron chi connectivity index (χ2n) is 7.01. The fourth-order valence-electron chi connectivity index (χ4n) is 3.05. The molecule has 0 saturated carbocycles. The van der Waals surface area contributed by atoms with Crippen LogP contribution < -0.4 is 5.32 Å². The molecule has 1 N–H and O–H groups in total. The smallest absolute Gasteiger partial charge is 0.236 e. The van der Waals surface area contributed by atoms with E-state index in [-0.39, 0.29) is 11.7 Å². The number of hydrogen-bond donors (Lipinski definition) is 1. The minimum absolute atomic E-state index is 0.125. The van der Waals surface area contributed by atoms with E-state index in [9.17, 15) is 4.79 Å². The van der Waals surface area contributed by atoms with Crippen LogP contribution in [-0.4, -0.2) is 31.4 Å². The van der Waals surface area contributed by atoms with E-state index >= 15 is 0 Å². The summed E-state index contributed by atoms with van der Waals surface area (Å²) in [6.45, 7) is 6.18. The number of rotatable bonds is 6. The van der Waals surface area contributed by atoms with E-state index in [1.807, 2.05) is 41.1 Å². The number of nitrogens with zero attached hydrogens (tertiary/aromatic N) is 4. The second kappa shape index (κ2) is 8.81. The molecule has 0 spiro atoms. The lowest BCUT2D eigenvalue weighted by Gasteiger charge is -2.06. The zero-order chi connectivity index (χ0) is 21.1. The number of aryl methyl sites for hydroxylation is 3. The molecule has 152 valence electrons. The van der Waals surface area contributed by atoms with Crippen molar-refractivity contribution >= 4 is 34.1 Å². The van der Waals surface area contributed by atoms with Gasteiger partial charge in [0.25, 0.3) is 0 Å². The van der Waals surface area contributed by atoms with Crippen LogP contribution in [0.15, 0.2) is 59.3 Å². The maximum Gasteiger partial charge on any atom is 0.236 e. The fourth-order valence-corrected chi connectivity index (χ4v) is 4.50. The Morgan fingerprint density at radius 3 is 2.63 bits per heavy atom. The minimum atomic E-state index is -0.125. The molecule has 0 aliphatic heterocycles. The van der Waals surface area contributed by atoms with Gasteiger partial charge in [0.1, 0.15) is 6.33 Å². The number of aromatic nitrogens is 4. The Hall–Kier alpha value is -2.97. The summed E-state index contributed by atoms with van der Waals surface area (Å²) in [6, 6.07) is 14.4. The molecule has 6 nitrogen and oxygen atoms in total. The van der Waals surface area contributed by atoms with Crippen molar-refractivity contribution in [3.8, 4) is 16.9 Å². The Bertz CT molecular complexity index is 1180. The van der Waals surface area contributed by atoms with Crippen LogP contribution in [-0.2, 0) is 4.79 Å². The maximum absolute atomic E-state index is 12.4. The summed E-state index contributed by atoms with van der Waals surface area (Å²) < 4.78 is 1.87. The molecule has 0 unspecified atom stereocenters. The minimum Gasteiger partial charge on any atom is -0.301 e. The van der Waals surface area contributed by atoms with Crippen molar-refractivity contribution in [2.24, 2.45) is 0 Å². The fraction of sp³-hybridized carbons (Fsp3) is 0.182. The Morgan fingerprint density at radius 2 is 1.87 bits per heavy atom. The molecule has 30 heavy (non-hydrogen) atoms. The predicted octanol–water partition coefficient (Wildman–Crippen LogP) is 5.05. The molecule has 2 heterocycles. The van der Waals surface area contributed by atoms with Gasteiger partial charge in [-0.25, -0.2) is 4.98 Å². The van der Waals surface area contributed by atoms with Crippen molar-refractivity contribution < 1.29 is 4.79 Å². The molecule has 0 fully saturated rings. The van der Waals surface area contributed by atoms with Gasteiger partial charge in [-0.2, -0.15) is 0 Å². The number of amides is 1. The van der Waals surface area contributed by atoms with Crippen molar-refractivity contribution in [2.75, 3.05) is 11.1 Å². The number of carbonyl (C=O) groups excluding carboxylic acids is 1. The molecule has 8 heteroatoms. The first kappa shape index (κ1) is 20.3. The van der Waals surface area contributed by atoms with E-state index in [2.05, 4.69) is 52.5 Å². The molecule has 0 saturated heterocycles. The molecular weight excluding hydrogens is 414 g/mol. The molecule has 1 amide bonds. The largest absolute Gasteiger partial charge is 0.301 e. The zero-order valence-corrected chi connectivity index (χ0v) is 18.5. The summed E-state index contributed by atoms with van der Waals surface area (Å²) in [5.74, 6) is 0.100. The Kier molecular flexibility index (Phi) is 5.96. The summed E-state index contributed by atoms with van der Waals surface area (Å²) in [5.41, 5.74) is 6.49. The number of thiazole rings is 1. The van der Waals surface area contributed by atoms with E-state index in [0.29, 0.717) is 10.3 Å². The summed E-state index contributed by atoms with van der Waals surface area (Å²) >= 11 is 2.77. The van der Waals surface area contributed by atoms with Gasteiger partial charge in [-0.05, 0) is 38.5 Å². The van der Waals surface area contributed by atoms with E-state index < -0.39 is 0 Å². The third kappa shape index (κ3) is 4.60. The average molecular weight is 436 g/mol. The summed E-state index contributed by atoms with van der Waals surface area (Å²) in [7, 11) is 0. The van der Waals surface area contributed by atoms with Crippen LogP contribution in [0.25, 0.3) is 16.9 Å². The van der Waals surface area contributed by atoms with Gasteiger partial charge in [0, 0.05) is 16.6 Å². The standard InChI is InChI=1S/C22H21N5OS2/c1-14-4-7-17(8-5-14)27-13-23-26-22(27)30-12-20(28)25-21-24-19(11-29-21)18-9-6-15(2)10-16(18)3/h4-11,13H,12H2,1-3H3,(H,24,25,28). The van der Waals surface area contributed by atoms with E-state index in [1.54, 1.807) is 6.33 Å². The zero-order valence-electron chi connectivity index (χ0n) is 16.9. The van der Waals surface area contributed by atoms with Gasteiger partial charge in [-0.15, -0.1) is 21.5 Å². The molecule has 0 aliphatic rings. The van der Waals surface area contributed by atoms with E-state index in [0.717, 1.165) is 16.9 Å². The van der Waals surface area contributed by atoms with Crippen molar-refractivity contribution in [2.45, 2.75) is 25.9 Å². The lowest BCUT2D eigenvalue weighted by Crippen LogP contribution is -2.14. The lowest BCUT2D eigenvalue weighted by molar-refractivity contribution is -0.113. The van der Waals surface area contributed by atoms with Crippen LogP contribution in [0.5, 0.6) is 0 Å². The van der Waals surface area contributed by atoms with Crippen molar-refractivity contribution in [3.05, 3.63) is 70.9 Å². The number of benzene rings is 2. The maximum atomic E-state index is 12.4. The van der Waals surface area contributed by atoms with Crippen LogP contribution in [0.1, 0.15) is 16.7 Å². The number of carbonyl (C=O) groups is 1. The highest BCUT2D eigenvalue weighted by Crippen LogP contribution is 2.28. The topological polar surface area (TPSA) is 72.7 Å². The number of nitrogens with one attached hydrogen (secondary N) is 1. The Balaban J connectivity index is 1.39. The number of thioether (sulfide) groups is 1. The molecule has 4 aromatic rings. The van der Waals surface area contributed by atoms with Crippen LogP contribution >= 0.6 is 23.1 Å². The highest BCUT2D eigenvalue weighted by Gasteiger charge is 2.13. The van der Waals surface area contributed by atoms with E-state index in [4.69, 9.17) is 0 Å². The third-order valence-corrected chi connectivity index (χ3v) is 6.27. The van der Waals surface area contributed by atoms with E-state index in [1.165, 1.54) is 39.8 Å². The van der Waals surface area contributed by atoms with Gasteiger partial charge in [-0.1, -0.05) is 53.2 Å². The first-order chi connectivity index (χ1) is 14.5. The van der Waals surface area contributed by atoms with Crippen molar-refractivity contribution in [1.82, 2.24) is 19.7 Å². The first-order valence-electron chi connectivity index (χ1n) is 9.42. The Labute approximate surface area is 183 Å². The molecule has 0 radical (unpaired) electrons. The van der Waals surface area contributed by atoms with Gasteiger partial charge in [0.15, 0.2) is 10.3 Å². The highest BCUT2D eigenvalue weighted by atomic mass is 32.2. The van der Waals surface area contributed by atoms with Crippen molar-refractivity contribution in [3.63, 3.8) is 0 Å². The average Bonchev–Trinajstić information content (AvgIpc) is 3.36. The molecule has 0 aliphatic carbocycles. The molecule has 2 aromatic heterocycles. The predicted molar refractivity (Wildman–Crippen MR) is 122 cm³/mol. The summed E-state index contributed by atoms with van der Waals surface area (Å²) in [4.78, 5) is 17.0. The van der Waals surface area contributed by atoms with Crippen LogP contribution in [0.4, 0.5) is 5.13 Å². The summed E-state index contributed by atoms with van der Waals surface area (Å²) in [6.07, 6.45) is 1.65. The SMILES string of the molecule is Cc1ccc(-n2cnnc2SCC(=O)Nc2nc(-c3ccc(C)cc3C)cs2)cc1. The second-order valence-corrected chi connectivity index (χ2v) is 8.81. The Morgan fingerprint density at radius 1 is 1.10 bits per heavy atom. The molecule has 4 rings (SSSR count). The normalized spacial score (nSPS) is 10.9. The number of hydrogen-bond acceptors (Lipinski definition) is 6. The van der Waals surface area contributed by atoms with Gasteiger partial charge in [-0.3, -0.25) is 9.36 Å². The molecule has 2 aromatic carbocycles. The van der Waals surface area contributed by atoms with Gasteiger partial charge >= 0.3 is 0 Å². The number of anilines is 1. The first-order valence-corrected chi connectivity index (χ1v) is 11.3. The van der Waals surface area contributed by atoms with Crippen LogP contribution in [0.2, 0.25) is 0 Å². The van der Waals surface area contributed by atoms with Crippen molar-refractivity contribution in [1.29, 1.82) is 0 Å². The lowest BCUT2D eigenvalue weighted by atomic mass is 10.0. The monoisotopic (exact) mass is 435 g/mol. The van der Waals surface area contributed by atoms with Crippen LogP contribution in [0, 0.1) is 20.8 Å². The highest BCUT2D eigenvalue weighted by molar-refractivity contribution is 7.99. The van der Waals surface area contributed by atoms with Gasteiger partial charge in [0.05, 0.1) is 11.4 Å². The quantitative estimate of drug-likeness (QED) is 0.429. The molecule has 0 atom stereocenters. The molecule has 0 bridgehead atoms. The summed E-state index contributed by atoms with van der Waals surface area (Å²) in [5, 5.41) is 14.2. The van der Waals surface area contributed by atoms with Gasteiger partial charge < -0.3 is 5.32 Å². The third-order valence-electron chi connectivity index (χ3n) is 4.57. The van der Waals surface area contributed by atoms with Gasteiger partial charge in [0.2, 0.25) is 5.91 Å². The molecular formula is C22H21N5OS2. The van der Waals surface area contributed by atoms with Crippen LogP contribution in [0.3, 0.4) is 0 Å².